The fourth-order valence-corrected chi connectivity index (χ4v) is 2.88. The van der Waals surface area contributed by atoms with Crippen LogP contribution in [0.3, 0.4) is 0 Å². The Morgan fingerprint density at radius 2 is 1.95 bits per heavy atom. The molecule has 1 rings (SSSR count). The van der Waals surface area contributed by atoms with Crippen molar-refractivity contribution in [2.24, 2.45) is 0 Å². The van der Waals surface area contributed by atoms with E-state index >= 15 is 0 Å². The van der Waals surface area contributed by atoms with Crippen molar-refractivity contribution < 1.29 is 8.42 Å². The SMILES string of the molecule is CCCNC(CC)c1cccc(S(=O)(=O)N(C)C)c1. The Labute approximate surface area is 116 Å². The van der Waals surface area contributed by atoms with Crippen LogP contribution in [0.1, 0.15) is 38.3 Å². The molecule has 1 N–H and O–H groups in total. The molecule has 0 aliphatic carbocycles. The minimum Gasteiger partial charge on any atom is -0.310 e. The van der Waals surface area contributed by atoms with E-state index in [1.54, 1.807) is 26.2 Å². The van der Waals surface area contributed by atoms with E-state index < -0.39 is 10.0 Å². The Kier molecular flexibility index (Phi) is 5.97. The second-order valence-electron chi connectivity index (χ2n) is 4.77. The molecule has 0 aliphatic rings. The van der Waals surface area contributed by atoms with Crippen molar-refractivity contribution in [1.82, 2.24) is 9.62 Å². The third-order valence-corrected chi connectivity index (χ3v) is 4.90. The Balaban J connectivity index is 3.06. The first kappa shape index (κ1) is 16.1. The fourth-order valence-electron chi connectivity index (χ4n) is 1.92. The summed E-state index contributed by atoms with van der Waals surface area (Å²) in [6.07, 6.45) is 2.00. The van der Waals surface area contributed by atoms with E-state index in [9.17, 15) is 8.42 Å². The summed E-state index contributed by atoms with van der Waals surface area (Å²) in [5.41, 5.74) is 1.03. The Morgan fingerprint density at radius 1 is 1.26 bits per heavy atom. The van der Waals surface area contributed by atoms with E-state index in [2.05, 4.69) is 19.2 Å². The Hall–Kier alpha value is -0.910. The highest BCUT2D eigenvalue weighted by Crippen LogP contribution is 2.21. The fraction of sp³-hybridized carbons (Fsp3) is 0.571. The van der Waals surface area contributed by atoms with E-state index in [0.717, 1.165) is 24.9 Å². The van der Waals surface area contributed by atoms with Crippen LogP contribution in [0, 0.1) is 0 Å². The average molecular weight is 284 g/mol. The molecule has 4 nitrogen and oxygen atoms in total. The maximum Gasteiger partial charge on any atom is 0.242 e. The minimum absolute atomic E-state index is 0.206. The van der Waals surface area contributed by atoms with E-state index in [0.29, 0.717) is 4.90 Å². The second-order valence-corrected chi connectivity index (χ2v) is 6.93. The lowest BCUT2D eigenvalue weighted by atomic mass is 10.0. The van der Waals surface area contributed by atoms with Gasteiger partial charge in [-0.1, -0.05) is 26.0 Å². The summed E-state index contributed by atoms with van der Waals surface area (Å²) in [6, 6.07) is 7.41. The number of benzene rings is 1. The molecule has 1 aromatic carbocycles. The number of nitrogens with one attached hydrogen (secondary N) is 1. The molecule has 19 heavy (non-hydrogen) atoms. The maximum atomic E-state index is 12.1. The van der Waals surface area contributed by atoms with Crippen molar-refractivity contribution in [3.8, 4) is 0 Å². The number of hydrogen-bond donors (Lipinski definition) is 1. The molecule has 0 radical (unpaired) electrons. The number of hydrogen-bond acceptors (Lipinski definition) is 3. The van der Waals surface area contributed by atoms with Gasteiger partial charge in [0.15, 0.2) is 0 Å². The van der Waals surface area contributed by atoms with Crippen LogP contribution in [0.5, 0.6) is 0 Å². The van der Waals surface area contributed by atoms with Crippen LogP contribution in [0.25, 0.3) is 0 Å². The predicted octanol–water partition coefficient (Wildman–Crippen LogP) is 2.39. The van der Waals surface area contributed by atoms with Crippen LogP contribution < -0.4 is 5.32 Å². The summed E-state index contributed by atoms with van der Waals surface area (Å²) in [7, 11) is -0.256. The zero-order valence-corrected chi connectivity index (χ0v) is 13.0. The summed E-state index contributed by atoms with van der Waals surface area (Å²) >= 11 is 0. The number of sulfonamides is 1. The second kappa shape index (κ2) is 7.03. The topological polar surface area (TPSA) is 49.4 Å². The van der Waals surface area contributed by atoms with Gasteiger partial charge in [0.1, 0.15) is 0 Å². The third kappa shape index (κ3) is 4.03. The lowest BCUT2D eigenvalue weighted by Gasteiger charge is -2.18. The van der Waals surface area contributed by atoms with Crippen LogP contribution in [0.4, 0.5) is 0 Å². The Bertz CT molecular complexity index is 498. The molecule has 0 saturated carbocycles. The van der Waals surface area contributed by atoms with Crippen molar-refractivity contribution in [1.29, 1.82) is 0 Å². The van der Waals surface area contributed by atoms with Crippen molar-refractivity contribution >= 4 is 10.0 Å². The van der Waals surface area contributed by atoms with Gasteiger partial charge in [-0.25, -0.2) is 12.7 Å². The van der Waals surface area contributed by atoms with Gasteiger partial charge in [0.05, 0.1) is 4.90 Å². The first-order valence-electron chi connectivity index (χ1n) is 6.69. The van der Waals surface area contributed by atoms with Crippen LogP contribution >= 0.6 is 0 Å². The normalized spacial score (nSPS) is 13.7. The summed E-state index contributed by atoms with van der Waals surface area (Å²) in [5, 5.41) is 3.43. The van der Waals surface area contributed by atoms with Crippen molar-refractivity contribution in [2.75, 3.05) is 20.6 Å². The summed E-state index contributed by atoms with van der Waals surface area (Å²) < 4.78 is 25.5. The van der Waals surface area contributed by atoms with Crippen LogP contribution in [0.15, 0.2) is 29.2 Å². The zero-order chi connectivity index (χ0) is 14.5. The van der Waals surface area contributed by atoms with Crippen LogP contribution in [0.2, 0.25) is 0 Å². The van der Waals surface area contributed by atoms with Crippen molar-refractivity contribution in [3.05, 3.63) is 29.8 Å². The highest BCUT2D eigenvalue weighted by atomic mass is 32.2. The first-order chi connectivity index (χ1) is 8.93. The molecular weight excluding hydrogens is 260 g/mol. The Morgan fingerprint density at radius 3 is 2.47 bits per heavy atom. The van der Waals surface area contributed by atoms with Gasteiger partial charge >= 0.3 is 0 Å². The van der Waals surface area contributed by atoms with Gasteiger partial charge in [0.2, 0.25) is 10.0 Å². The monoisotopic (exact) mass is 284 g/mol. The van der Waals surface area contributed by atoms with Crippen LogP contribution in [-0.2, 0) is 10.0 Å². The standard InChI is InChI=1S/C14H24N2O2S/c1-5-10-15-14(6-2)12-8-7-9-13(11-12)19(17,18)16(3)4/h7-9,11,14-15H,5-6,10H2,1-4H3. The van der Waals surface area contributed by atoms with Gasteiger partial charge in [-0.2, -0.15) is 0 Å². The zero-order valence-electron chi connectivity index (χ0n) is 12.2. The van der Waals surface area contributed by atoms with E-state index in [4.69, 9.17) is 0 Å². The van der Waals surface area contributed by atoms with Gasteiger partial charge in [0.25, 0.3) is 0 Å². The molecule has 0 aromatic heterocycles. The largest absolute Gasteiger partial charge is 0.310 e. The third-order valence-electron chi connectivity index (χ3n) is 3.09. The maximum absolute atomic E-state index is 12.1. The van der Waals surface area contributed by atoms with Gasteiger partial charge in [-0.05, 0) is 37.1 Å². The van der Waals surface area contributed by atoms with Crippen molar-refractivity contribution in [2.45, 2.75) is 37.6 Å². The first-order valence-corrected chi connectivity index (χ1v) is 8.13. The quantitative estimate of drug-likeness (QED) is 0.836. The minimum atomic E-state index is -3.36. The molecule has 0 saturated heterocycles. The smallest absolute Gasteiger partial charge is 0.242 e. The molecule has 0 heterocycles. The summed E-state index contributed by atoms with van der Waals surface area (Å²) in [6.45, 7) is 5.15. The van der Waals surface area contributed by atoms with Gasteiger partial charge in [0, 0.05) is 20.1 Å². The van der Waals surface area contributed by atoms with Gasteiger partial charge in [-0.15, -0.1) is 0 Å². The molecule has 1 aromatic rings. The molecule has 108 valence electrons. The van der Waals surface area contributed by atoms with Gasteiger partial charge < -0.3 is 5.32 Å². The molecule has 0 spiro atoms. The lowest BCUT2D eigenvalue weighted by Crippen LogP contribution is -2.24. The molecule has 0 fully saturated rings. The molecule has 0 bridgehead atoms. The van der Waals surface area contributed by atoms with E-state index in [-0.39, 0.29) is 6.04 Å². The predicted molar refractivity (Wildman–Crippen MR) is 78.6 cm³/mol. The lowest BCUT2D eigenvalue weighted by molar-refractivity contribution is 0.512. The summed E-state index contributed by atoms with van der Waals surface area (Å²) in [4.78, 5) is 0.353. The average Bonchev–Trinajstić information content (AvgIpc) is 2.40. The molecule has 1 atom stereocenters. The number of rotatable bonds is 7. The van der Waals surface area contributed by atoms with E-state index in [1.807, 2.05) is 12.1 Å². The van der Waals surface area contributed by atoms with Gasteiger partial charge in [-0.3, -0.25) is 0 Å². The molecule has 5 heteroatoms. The number of nitrogens with zero attached hydrogens (tertiary/aromatic N) is 1. The summed E-state index contributed by atoms with van der Waals surface area (Å²) in [5.74, 6) is 0. The molecular formula is C14H24N2O2S. The highest BCUT2D eigenvalue weighted by Gasteiger charge is 2.18. The van der Waals surface area contributed by atoms with E-state index in [1.165, 1.54) is 4.31 Å². The molecule has 1 unspecified atom stereocenters. The van der Waals surface area contributed by atoms with Crippen molar-refractivity contribution in [3.63, 3.8) is 0 Å². The van der Waals surface area contributed by atoms with Crippen LogP contribution in [-0.4, -0.2) is 33.4 Å². The molecule has 0 amide bonds. The highest BCUT2D eigenvalue weighted by molar-refractivity contribution is 7.89. The molecule has 0 aliphatic heterocycles.